The normalized spacial score (nSPS) is 13.9. The number of ether oxygens (including phenoxy) is 1. The third-order valence-corrected chi connectivity index (χ3v) is 7.15. The van der Waals surface area contributed by atoms with Crippen LogP contribution in [0, 0.1) is 0 Å². The number of aryl methyl sites for hydroxylation is 1. The third kappa shape index (κ3) is 4.52. The van der Waals surface area contributed by atoms with Crippen LogP contribution in [0.25, 0.3) is 10.9 Å². The number of amides is 1. The zero-order valence-corrected chi connectivity index (χ0v) is 18.7. The van der Waals surface area contributed by atoms with E-state index in [1.54, 1.807) is 12.1 Å². The van der Waals surface area contributed by atoms with Gasteiger partial charge in [0.15, 0.2) is 0 Å². The van der Waals surface area contributed by atoms with E-state index in [-0.39, 0.29) is 11.4 Å². The molecule has 1 aliphatic heterocycles. The van der Waals surface area contributed by atoms with Crippen LogP contribution < -0.4 is 15.4 Å². The fraction of sp³-hybridized carbons (Fsp3) is 0.130. The van der Waals surface area contributed by atoms with Gasteiger partial charge in [-0.25, -0.2) is 17.4 Å². The Kier molecular flexibility index (Phi) is 5.39. The number of nitrogens with zero attached hydrogens (tertiary/aromatic N) is 2. The number of carbonyl (C=O) groups excluding carboxylic acids is 1. The highest BCUT2D eigenvalue weighted by molar-refractivity contribution is 7.90. The van der Waals surface area contributed by atoms with Crippen LogP contribution in [0.3, 0.4) is 0 Å². The summed E-state index contributed by atoms with van der Waals surface area (Å²) in [6.45, 7) is 0. The molecule has 8 nitrogen and oxygen atoms in total. The summed E-state index contributed by atoms with van der Waals surface area (Å²) >= 11 is 0. The topological polar surface area (TPSA) is 102 Å². The van der Waals surface area contributed by atoms with Crippen LogP contribution in [0.5, 0.6) is 5.75 Å². The number of pyridine rings is 1. The van der Waals surface area contributed by atoms with E-state index in [4.69, 9.17) is 0 Å². The van der Waals surface area contributed by atoms with Gasteiger partial charge in [0.05, 0.1) is 5.52 Å². The number of hydrogen-bond donors (Lipinski definition) is 2. The molecule has 0 radical (unpaired) electrons. The molecule has 1 aliphatic rings. The van der Waals surface area contributed by atoms with Crippen LogP contribution in [-0.4, -0.2) is 29.6 Å². The van der Waals surface area contributed by atoms with Crippen molar-refractivity contribution in [3.63, 3.8) is 0 Å². The minimum absolute atomic E-state index is 0.0468. The highest BCUT2D eigenvalue weighted by Crippen LogP contribution is 2.33. The second-order valence-corrected chi connectivity index (χ2v) is 9.57. The lowest BCUT2D eigenvalue weighted by molar-refractivity contribution is -0.275. The van der Waals surface area contributed by atoms with E-state index in [1.807, 2.05) is 6.07 Å². The summed E-state index contributed by atoms with van der Waals surface area (Å²) in [4.78, 5) is 15.2. The van der Waals surface area contributed by atoms with Crippen molar-refractivity contribution in [1.82, 2.24) is 8.96 Å². The molecule has 2 N–H and O–H groups in total. The first-order valence-electron chi connectivity index (χ1n) is 10.4. The van der Waals surface area contributed by atoms with Crippen molar-refractivity contribution >= 4 is 44.0 Å². The van der Waals surface area contributed by atoms with E-state index in [1.165, 1.54) is 36.7 Å². The monoisotopic (exact) mass is 502 g/mol. The Labute approximate surface area is 197 Å². The SMILES string of the molecule is O=C1CCc2cc(Nc3cc4c(ccn4S(=O)(=O)c4ccccc4OC(F)(F)F)cn3)ccc2N1. The Morgan fingerprint density at radius 1 is 1.06 bits per heavy atom. The van der Waals surface area contributed by atoms with Gasteiger partial charge in [0, 0.05) is 41.6 Å². The highest BCUT2D eigenvalue weighted by atomic mass is 32.2. The number of nitrogens with one attached hydrogen (secondary N) is 2. The molecule has 180 valence electrons. The molecule has 12 heteroatoms. The van der Waals surface area contributed by atoms with Gasteiger partial charge in [-0.2, -0.15) is 0 Å². The van der Waals surface area contributed by atoms with Crippen molar-refractivity contribution in [3.05, 3.63) is 72.6 Å². The first-order chi connectivity index (χ1) is 16.6. The summed E-state index contributed by atoms with van der Waals surface area (Å²) in [6.07, 6.45) is -1.38. The van der Waals surface area contributed by atoms with Gasteiger partial charge in [-0.15, -0.1) is 13.2 Å². The van der Waals surface area contributed by atoms with Crippen molar-refractivity contribution in [2.24, 2.45) is 0 Å². The standard InChI is InChI=1S/C23H17F3N4O4S/c24-23(25,26)34-19-3-1-2-4-20(19)35(32,33)30-10-9-15-13-27-21(12-18(15)30)28-16-6-7-17-14(11-16)5-8-22(31)29-17/h1-4,6-7,9-13H,5,8H2,(H,27,28)(H,29,31). The number of aromatic nitrogens is 2. The number of para-hydroxylation sites is 1. The van der Waals surface area contributed by atoms with Crippen molar-refractivity contribution in [1.29, 1.82) is 0 Å². The number of benzene rings is 2. The second kappa shape index (κ2) is 8.31. The van der Waals surface area contributed by atoms with E-state index >= 15 is 0 Å². The number of alkyl halides is 3. The van der Waals surface area contributed by atoms with E-state index < -0.39 is 27.0 Å². The van der Waals surface area contributed by atoms with Crippen LogP contribution in [0.4, 0.5) is 30.4 Å². The average Bonchev–Trinajstić information content (AvgIpc) is 3.22. The van der Waals surface area contributed by atoms with Gasteiger partial charge in [-0.05, 0) is 48.4 Å². The van der Waals surface area contributed by atoms with Gasteiger partial charge in [0.25, 0.3) is 10.0 Å². The van der Waals surface area contributed by atoms with E-state index in [0.717, 1.165) is 27.4 Å². The quantitative estimate of drug-likeness (QED) is 0.407. The molecule has 35 heavy (non-hydrogen) atoms. The summed E-state index contributed by atoms with van der Waals surface area (Å²) in [5.41, 5.74) is 2.57. The van der Waals surface area contributed by atoms with Crippen molar-refractivity contribution in [2.45, 2.75) is 24.1 Å². The maximum Gasteiger partial charge on any atom is 0.573 e. The molecular weight excluding hydrogens is 485 g/mol. The Balaban J connectivity index is 1.50. The van der Waals surface area contributed by atoms with Gasteiger partial charge < -0.3 is 15.4 Å². The van der Waals surface area contributed by atoms with Gasteiger partial charge in [-0.3, -0.25) is 4.79 Å². The molecule has 2 aromatic heterocycles. The molecule has 0 saturated carbocycles. The molecular formula is C23H17F3N4O4S. The molecule has 0 atom stereocenters. The van der Waals surface area contributed by atoms with Crippen LogP contribution in [0.15, 0.2) is 71.9 Å². The lowest BCUT2D eigenvalue weighted by atomic mass is 10.0. The zero-order chi connectivity index (χ0) is 24.8. The predicted octanol–water partition coefficient (Wildman–Crippen LogP) is 4.80. The van der Waals surface area contributed by atoms with Crippen molar-refractivity contribution in [3.8, 4) is 5.75 Å². The molecule has 0 saturated heterocycles. The molecule has 0 unspecified atom stereocenters. The first kappa shape index (κ1) is 22.7. The van der Waals surface area contributed by atoms with Crippen LogP contribution in [0.1, 0.15) is 12.0 Å². The molecule has 0 spiro atoms. The Bertz CT molecular complexity index is 1560. The Hall–Kier alpha value is -4.06. The molecule has 4 aromatic rings. The highest BCUT2D eigenvalue weighted by Gasteiger charge is 2.34. The number of fused-ring (bicyclic) bond motifs is 2. The van der Waals surface area contributed by atoms with Gasteiger partial charge in [0.2, 0.25) is 5.91 Å². The maximum atomic E-state index is 13.3. The predicted molar refractivity (Wildman–Crippen MR) is 122 cm³/mol. The Morgan fingerprint density at radius 2 is 1.86 bits per heavy atom. The minimum atomic E-state index is -5.05. The zero-order valence-electron chi connectivity index (χ0n) is 17.8. The van der Waals surface area contributed by atoms with Crippen molar-refractivity contribution < 1.29 is 31.1 Å². The minimum Gasteiger partial charge on any atom is -0.404 e. The number of halogens is 3. The molecule has 0 aliphatic carbocycles. The Morgan fingerprint density at radius 3 is 2.66 bits per heavy atom. The summed E-state index contributed by atoms with van der Waals surface area (Å²) in [5, 5.41) is 6.37. The third-order valence-electron chi connectivity index (χ3n) is 5.42. The second-order valence-electron chi connectivity index (χ2n) is 7.78. The molecule has 3 heterocycles. The summed E-state index contributed by atoms with van der Waals surface area (Å²) in [5.74, 6) is -0.544. The number of carbonyl (C=O) groups is 1. The first-order valence-corrected chi connectivity index (χ1v) is 11.8. The van der Waals surface area contributed by atoms with Crippen LogP contribution in [-0.2, 0) is 21.2 Å². The van der Waals surface area contributed by atoms with E-state index in [2.05, 4.69) is 20.4 Å². The molecule has 1 amide bonds. The summed E-state index contributed by atoms with van der Waals surface area (Å²) in [7, 11) is -4.44. The number of anilines is 3. The van der Waals surface area contributed by atoms with Gasteiger partial charge in [0.1, 0.15) is 16.5 Å². The van der Waals surface area contributed by atoms with Crippen molar-refractivity contribution in [2.75, 3.05) is 10.6 Å². The lowest BCUT2D eigenvalue weighted by Crippen LogP contribution is -2.20. The smallest absolute Gasteiger partial charge is 0.404 e. The van der Waals surface area contributed by atoms with Crippen LogP contribution in [0.2, 0.25) is 0 Å². The van der Waals surface area contributed by atoms with Gasteiger partial charge >= 0.3 is 6.36 Å². The van der Waals surface area contributed by atoms with E-state index in [0.29, 0.717) is 29.7 Å². The fourth-order valence-electron chi connectivity index (χ4n) is 3.87. The largest absolute Gasteiger partial charge is 0.573 e. The summed E-state index contributed by atoms with van der Waals surface area (Å²) < 4.78 is 69.9. The number of rotatable bonds is 5. The van der Waals surface area contributed by atoms with E-state index in [9.17, 15) is 26.4 Å². The average molecular weight is 502 g/mol. The maximum absolute atomic E-state index is 13.3. The lowest BCUT2D eigenvalue weighted by Gasteiger charge is -2.18. The van der Waals surface area contributed by atoms with Gasteiger partial charge in [-0.1, -0.05) is 12.1 Å². The molecule has 0 bridgehead atoms. The fourth-order valence-corrected chi connectivity index (χ4v) is 5.33. The summed E-state index contributed by atoms with van der Waals surface area (Å²) in [6, 6.07) is 12.9. The molecule has 0 fully saturated rings. The molecule has 5 rings (SSSR count). The molecule has 2 aromatic carbocycles. The van der Waals surface area contributed by atoms with Crippen LogP contribution >= 0.6 is 0 Å². The number of hydrogen-bond acceptors (Lipinski definition) is 6.